The van der Waals surface area contributed by atoms with Crippen LogP contribution in [0.3, 0.4) is 0 Å². The van der Waals surface area contributed by atoms with Crippen LogP contribution >= 0.6 is 11.6 Å². The first kappa shape index (κ1) is 93.2. The second kappa shape index (κ2) is 38.2. The fraction of sp³-hybridized carbons (Fsp3) is 0.337. The van der Waals surface area contributed by atoms with Crippen molar-refractivity contribution >= 4 is 34.7 Å². The number of hydrogen-bond donors (Lipinski definition) is 6. The lowest BCUT2D eigenvalue weighted by atomic mass is 9.85. The molecule has 0 amide bonds. The fourth-order valence-electron chi connectivity index (χ4n) is 13.1. The van der Waals surface area contributed by atoms with E-state index >= 15 is 0 Å². The quantitative estimate of drug-likeness (QED) is 0.0814. The second-order valence-corrected chi connectivity index (χ2v) is 36.6. The maximum Gasteiger partial charge on any atom is 0.131 e. The number of ether oxygens (including phenoxy) is 1. The fourth-order valence-corrected chi connectivity index (χ4v) is 13.5. The molecule has 14 nitrogen and oxygen atoms in total. The number of hydrogen-bond acceptors (Lipinski definition) is 9. The number of aromatic amines is 5. The molecule has 14 rings (SSSR count). The third-order valence-corrected chi connectivity index (χ3v) is 19.7. The molecule has 0 saturated heterocycles. The van der Waals surface area contributed by atoms with E-state index in [1.165, 1.54) is 54.9 Å². The number of methoxy groups -OCH3 is 1. The summed E-state index contributed by atoms with van der Waals surface area (Å²) in [5.41, 5.74) is 12.7. The minimum atomic E-state index is -0.433. The summed E-state index contributed by atoms with van der Waals surface area (Å²) >= 11 is 6.21. The van der Waals surface area contributed by atoms with E-state index in [-0.39, 0.29) is 67.9 Å². The Labute approximate surface area is 697 Å². The second-order valence-electron chi connectivity index (χ2n) is 36.2. The summed E-state index contributed by atoms with van der Waals surface area (Å²) in [6.07, 6.45) is 21.6. The number of phenolic OH excluding ortho intramolecular Hbond substituents is 1. The summed E-state index contributed by atoms with van der Waals surface area (Å²) < 4.78 is 131. The van der Waals surface area contributed by atoms with E-state index in [1.54, 1.807) is 93.2 Å². The first-order chi connectivity index (χ1) is 55.4. The number of phenols is 1. The van der Waals surface area contributed by atoms with Crippen LogP contribution in [0.4, 0.5) is 39.5 Å². The van der Waals surface area contributed by atoms with Crippen LogP contribution in [0, 0.1) is 52.4 Å². The Bertz CT molecular complexity index is 5420. The molecule has 0 saturated carbocycles. The summed E-state index contributed by atoms with van der Waals surface area (Å²) in [6.45, 7) is 43.8. The normalized spacial score (nSPS) is 12.8. The van der Waals surface area contributed by atoms with Crippen LogP contribution in [0.1, 0.15) is 202 Å². The molecule has 0 atom stereocenters. The molecule has 0 unspecified atom stereocenters. The maximum atomic E-state index is 14.3. The average Bonchev–Trinajstić information content (AvgIpc) is 1.75. The minimum absolute atomic E-state index is 0.0197. The number of H-pyrrole nitrogens is 5. The van der Waals surface area contributed by atoms with Gasteiger partial charge in [0.15, 0.2) is 0 Å². The Kier molecular flexibility index (Phi) is 29.9. The molecule has 119 heavy (non-hydrogen) atoms. The van der Waals surface area contributed by atoms with E-state index in [0.717, 1.165) is 66.9 Å². The number of halogens is 10. The third kappa shape index (κ3) is 24.7. The number of allylic oxidation sites excluding steroid dienone is 2. The van der Waals surface area contributed by atoms with Gasteiger partial charge in [-0.05, 0) is 191 Å². The number of rotatable bonds is 8. The van der Waals surface area contributed by atoms with E-state index in [2.05, 4.69) is 61.0 Å². The van der Waals surface area contributed by atoms with Crippen molar-refractivity contribution in [2.24, 2.45) is 9.98 Å². The number of benzene rings is 7. The standard InChI is InChI=1S/C15H18FN.C14H15F2N.C14H17FN2O.C13H14ClFN2.C13H14F2N2.C13H15FN2O.C13H15FN2/c1-10-7-12(9-17-10)11-5-6-13(14(16)8-11)15(2,3)4;1-14(2,3)11-7-12(15)10(6-13(11)16)9-4-5-17-8-9;1-14(2,3)13-11(15)5-9(6-12(13)18-4)10-7-16-17-8-10;1-13(2,3)10-5-12(15)9(4-11(10)14)8-6-16-17-7-8;1-13(2,3)10-5-11(14)9(4-12(10)15)8-6-16-17-7-8;1-13(2,3)12-10(14)4-8(5-11(12)17)9-6-15-16-7-9;1-13(2,3)11-5-4-9(6-12(11)14)10-7-15-16-8-10/h5-8H,9H2,1-4H3;4-7H,8H2,1-3H3;5-8H,1-4H3,(H,16,17);2*4-7H,1-3H3,(H,16,17);4-7,17H,1-3H3,(H,15,16);4-8H,1-3H3,(H,15,16). The number of aromatic hydroxyl groups is 1. The highest BCUT2D eigenvalue weighted by molar-refractivity contribution is 6.31. The monoisotopic (exact) mass is 1650 g/mol. The van der Waals surface area contributed by atoms with E-state index in [1.807, 2.05) is 189 Å². The molecule has 0 fully saturated rings. The summed E-state index contributed by atoms with van der Waals surface area (Å²) in [6, 6.07) is 25.4. The van der Waals surface area contributed by atoms with E-state index in [0.29, 0.717) is 73.9 Å². The summed E-state index contributed by atoms with van der Waals surface area (Å²) in [5, 5.41) is 42.9. The predicted molar refractivity (Wildman–Crippen MR) is 464 cm³/mol. The van der Waals surface area contributed by atoms with E-state index in [4.69, 9.17) is 16.3 Å². The van der Waals surface area contributed by atoms with Crippen LogP contribution in [0.2, 0.25) is 5.02 Å². The Morgan fingerprint density at radius 3 is 1.08 bits per heavy atom. The zero-order valence-electron chi connectivity index (χ0n) is 71.9. The topological polar surface area (TPSA) is 198 Å². The zero-order valence-corrected chi connectivity index (χ0v) is 72.7. The van der Waals surface area contributed by atoms with Crippen molar-refractivity contribution in [2.45, 2.75) is 190 Å². The molecule has 7 aromatic carbocycles. The van der Waals surface area contributed by atoms with Crippen molar-refractivity contribution in [1.29, 1.82) is 0 Å². The summed E-state index contributed by atoms with van der Waals surface area (Å²) in [5.74, 6) is -2.23. The molecule has 2 aliphatic heterocycles. The van der Waals surface area contributed by atoms with Gasteiger partial charge in [0.2, 0.25) is 0 Å². The van der Waals surface area contributed by atoms with Gasteiger partial charge >= 0.3 is 0 Å². The Hall–Kier alpha value is -11.3. The molecule has 12 aromatic rings. The van der Waals surface area contributed by atoms with Gasteiger partial charge in [-0.3, -0.25) is 35.5 Å². The molecule has 6 N–H and O–H groups in total. The van der Waals surface area contributed by atoms with Crippen LogP contribution in [0.15, 0.2) is 181 Å². The van der Waals surface area contributed by atoms with Gasteiger partial charge < -0.3 is 9.84 Å². The van der Waals surface area contributed by atoms with Gasteiger partial charge in [-0.15, -0.1) is 0 Å². The molecule has 0 bridgehead atoms. The van der Waals surface area contributed by atoms with Gasteiger partial charge in [0, 0.05) is 104 Å². The van der Waals surface area contributed by atoms with Crippen LogP contribution in [-0.4, -0.2) is 88.2 Å². The molecular weight excluding hydrogens is 1550 g/mol. The van der Waals surface area contributed by atoms with Crippen molar-refractivity contribution in [3.63, 3.8) is 0 Å². The molecule has 5 aromatic heterocycles. The lowest BCUT2D eigenvalue weighted by molar-refractivity contribution is 0.388. The molecule has 0 radical (unpaired) electrons. The molecular formula is C95H108ClF9N12O2. The van der Waals surface area contributed by atoms with Crippen LogP contribution in [-0.2, 0) is 37.9 Å². The van der Waals surface area contributed by atoms with Crippen molar-refractivity contribution < 1.29 is 49.4 Å². The Morgan fingerprint density at radius 2 is 0.706 bits per heavy atom. The lowest BCUT2D eigenvalue weighted by Crippen LogP contribution is -2.15. The lowest BCUT2D eigenvalue weighted by Gasteiger charge is -2.23. The average molecular weight is 1660 g/mol. The van der Waals surface area contributed by atoms with Crippen molar-refractivity contribution in [1.82, 2.24) is 51.0 Å². The van der Waals surface area contributed by atoms with Gasteiger partial charge in [0.1, 0.15) is 63.9 Å². The first-order valence-corrected chi connectivity index (χ1v) is 39.1. The first-order valence-electron chi connectivity index (χ1n) is 38.7. The third-order valence-electron chi connectivity index (χ3n) is 19.3. The molecule has 0 aliphatic carbocycles. The van der Waals surface area contributed by atoms with Crippen LogP contribution < -0.4 is 4.74 Å². The zero-order chi connectivity index (χ0) is 88.2. The highest BCUT2D eigenvalue weighted by Crippen LogP contribution is 2.41. The SMILES string of the molecule is CC(C)(C)c1c(O)cc(-c2cn[nH]c2)cc1F.CC(C)(C)c1cc(F)c(-c2cn[nH]c2)cc1Cl.CC(C)(C)c1cc(F)c(-c2cn[nH]c2)cc1F.CC(C)(C)c1cc(F)c(C2=CC=NC2)cc1F.CC(C)(C)c1ccc(-c2cn[nH]c2)cc1F.CC1=NCC(c2ccc(C(C)(C)C)c(F)c2)=C1.COc1cc(-c2cn[nH]c2)cc(F)c1C(C)(C)C. The number of aliphatic imine (C=N–C) groups is 2. The molecule has 2 aliphatic rings. The highest BCUT2D eigenvalue weighted by Gasteiger charge is 2.29. The van der Waals surface area contributed by atoms with Gasteiger partial charge in [0.05, 0.1) is 51.2 Å². The molecule has 0 spiro atoms. The molecule has 7 heterocycles. The number of aromatic nitrogens is 10. The number of nitrogens with zero attached hydrogens (tertiary/aromatic N) is 7. The smallest absolute Gasteiger partial charge is 0.131 e. The highest BCUT2D eigenvalue weighted by atomic mass is 35.5. The van der Waals surface area contributed by atoms with E-state index in [9.17, 15) is 44.6 Å². The molecule has 630 valence electrons. The van der Waals surface area contributed by atoms with Crippen LogP contribution in [0.25, 0.3) is 66.8 Å². The summed E-state index contributed by atoms with van der Waals surface area (Å²) in [4.78, 5) is 8.27. The van der Waals surface area contributed by atoms with Crippen molar-refractivity contribution in [3.05, 3.63) is 279 Å². The molecule has 24 heteroatoms. The van der Waals surface area contributed by atoms with Gasteiger partial charge in [-0.2, -0.15) is 25.5 Å². The van der Waals surface area contributed by atoms with Gasteiger partial charge in [-0.25, -0.2) is 39.5 Å². The predicted octanol–water partition coefficient (Wildman–Crippen LogP) is 25.8. The Morgan fingerprint density at radius 1 is 0.345 bits per heavy atom. The van der Waals surface area contributed by atoms with Gasteiger partial charge in [0.25, 0.3) is 0 Å². The maximum absolute atomic E-state index is 14.3. The van der Waals surface area contributed by atoms with Crippen LogP contribution in [0.5, 0.6) is 11.5 Å². The number of nitrogens with one attached hydrogen (secondary N) is 5. The largest absolute Gasteiger partial charge is 0.508 e. The van der Waals surface area contributed by atoms with E-state index < -0.39 is 33.7 Å². The van der Waals surface area contributed by atoms with Gasteiger partial charge in [-0.1, -0.05) is 181 Å². The van der Waals surface area contributed by atoms with Crippen molar-refractivity contribution in [3.8, 4) is 67.1 Å². The Balaban J connectivity index is 0.000000173. The van der Waals surface area contributed by atoms with Crippen molar-refractivity contribution in [2.75, 3.05) is 20.2 Å². The summed E-state index contributed by atoms with van der Waals surface area (Å²) in [7, 11) is 1.56. The minimum Gasteiger partial charge on any atom is -0.508 e.